The summed E-state index contributed by atoms with van der Waals surface area (Å²) in [6, 6.07) is 5.84. The number of pyridine rings is 1. The van der Waals surface area contributed by atoms with Gasteiger partial charge in [-0.3, -0.25) is 9.78 Å². The van der Waals surface area contributed by atoms with Crippen molar-refractivity contribution in [3.63, 3.8) is 0 Å². The van der Waals surface area contributed by atoms with Gasteiger partial charge in [0.15, 0.2) is 0 Å². The summed E-state index contributed by atoms with van der Waals surface area (Å²) < 4.78 is 0. The first-order valence-corrected chi connectivity index (χ1v) is 7.27. The van der Waals surface area contributed by atoms with Crippen LogP contribution in [0, 0.1) is 0 Å². The number of carbonyl (C=O) groups is 1. The number of anilines is 2. The van der Waals surface area contributed by atoms with Crippen LogP contribution in [0.3, 0.4) is 0 Å². The zero-order chi connectivity index (χ0) is 14.5. The van der Waals surface area contributed by atoms with E-state index in [-0.39, 0.29) is 11.9 Å². The molecule has 106 valence electrons. The molecule has 2 aromatic heterocycles. The quantitative estimate of drug-likeness (QED) is 0.791. The molecule has 2 heterocycles. The van der Waals surface area contributed by atoms with Crippen molar-refractivity contribution in [2.75, 3.05) is 17.6 Å². The zero-order valence-corrected chi connectivity index (χ0v) is 12.3. The summed E-state index contributed by atoms with van der Waals surface area (Å²) in [6.07, 6.45) is 3.52. The maximum Gasteiger partial charge on any atom is 0.263 e. The molecule has 20 heavy (non-hydrogen) atoms. The van der Waals surface area contributed by atoms with Crippen LogP contribution in [-0.4, -0.2) is 17.4 Å². The van der Waals surface area contributed by atoms with E-state index in [1.807, 2.05) is 19.1 Å². The largest absolute Gasteiger partial charge is 0.397 e. The maximum absolute atomic E-state index is 11.8. The lowest BCUT2D eigenvalue weighted by Gasteiger charge is -2.13. The molecule has 0 spiro atoms. The highest BCUT2D eigenvalue weighted by Gasteiger charge is 2.15. The van der Waals surface area contributed by atoms with E-state index in [0.29, 0.717) is 17.1 Å². The van der Waals surface area contributed by atoms with Crippen molar-refractivity contribution in [3.8, 4) is 0 Å². The van der Waals surface area contributed by atoms with Gasteiger partial charge in [0.2, 0.25) is 0 Å². The standard InChI is InChI=1S/C14H18N4OS/c1-3-17-14(19)13-11(15)8-12(20-13)18-9(2)10-4-6-16-7-5-10/h4-9,18H,3,15H2,1-2H3,(H,17,19). The third-order valence-corrected chi connectivity index (χ3v) is 3.95. The molecule has 0 saturated carbocycles. The van der Waals surface area contributed by atoms with Crippen LogP contribution in [0.4, 0.5) is 10.7 Å². The van der Waals surface area contributed by atoms with Crippen LogP contribution in [0.5, 0.6) is 0 Å². The number of hydrogen-bond acceptors (Lipinski definition) is 5. The van der Waals surface area contributed by atoms with Crippen molar-refractivity contribution >= 4 is 27.9 Å². The Balaban J connectivity index is 2.11. The average Bonchev–Trinajstić information content (AvgIpc) is 2.81. The van der Waals surface area contributed by atoms with Gasteiger partial charge in [0.05, 0.1) is 10.7 Å². The van der Waals surface area contributed by atoms with Gasteiger partial charge in [0.25, 0.3) is 5.91 Å². The molecule has 5 nitrogen and oxygen atoms in total. The molecule has 2 aromatic rings. The fourth-order valence-electron chi connectivity index (χ4n) is 1.84. The molecule has 6 heteroatoms. The van der Waals surface area contributed by atoms with Gasteiger partial charge in [-0.1, -0.05) is 0 Å². The Labute approximate surface area is 122 Å². The third kappa shape index (κ3) is 3.27. The predicted molar refractivity (Wildman–Crippen MR) is 83.0 cm³/mol. The predicted octanol–water partition coefficient (Wildman–Crippen LogP) is 2.65. The minimum atomic E-state index is -0.125. The van der Waals surface area contributed by atoms with Gasteiger partial charge in [-0.2, -0.15) is 0 Å². The number of hydrogen-bond donors (Lipinski definition) is 3. The minimum Gasteiger partial charge on any atom is -0.397 e. The zero-order valence-electron chi connectivity index (χ0n) is 11.5. The van der Waals surface area contributed by atoms with Crippen molar-refractivity contribution in [2.45, 2.75) is 19.9 Å². The molecule has 0 aliphatic carbocycles. The van der Waals surface area contributed by atoms with Gasteiger partial charge < -0.3 is 16.4 Å². The first-order valence-electron chi connectivity index (χ1n) is 6.45. The molecule has 0 bridgehead atoms. The molecule has 0 aliphatic heterocycles. The molecule has 1 unspecified atom stereocenters. The number of thiophene rings is 1. The molecule has 2 rings (SSSR count). The first-order chi connectivity index (χ1) is 9.61. The lowest BCUT2D eigenvalue weighted by atomic mass is 10.1. The van der Waals surface area contributed by atoms with Gasteiger partial charge in [-0.25, -0.2) is 0 Å². The van der Waals surface area contributed by atoms with Crippen molar-refractivity contribution in [1.29, 1.82) is 0 Å². The van der Waals surface area contributed by atoms with E-state index in [2.05, 4.69) is 22.5 Å². The van der Waals surface area contributed by atoms with Crippen molar-refractivity contribution in [3.05, 3.63) is 41.0 Å². The fourth-order valence-corrected chi connectivity index (χ4v) is 2.83. The summed E-state index contributed by atoms with van der Waals surface area (Å²) in [4.78, 5) is 16.4. The number of rotatable bonds is 5. The van der Waals surface area contributed by atoms with Gasteiger partial charge in [0, 0.05) is 25.0 Å². The second-order valence-corrected chi connectivity index (χ2v) is 5.45. The Hall–Kier alpha value is -2.08. The fraction of sp³-hybridized carbons (Fsp3) is 0.286. The number of nitrogens with two attached hydrogens (primary N) is 1. The lowest BCUT2D eigenvalue weighted by molar-refractivity contribution is 0.0960. The van der Waals surface area contributed by atoms with Crippen molar-refractivity contribution < 1.29 is 4.79 Å². The number of aromatic nitrogens is 1. The highest BCUT2D eigenvalue weighted by molar-refractivity contribution is 7.18. The van der Waals surface area contributed by atoms with Crippen molar-refractivity contribution in [2.24, 2.45) is 0 Å². The van der Waals surface area contributed by atoms with Gasteiger partial charge >= 0.3 is 0 Å². The SMILES string of the molecule is CCNC(=O)c1sc(NC(C)c2ccncc2)cc1N. The highest BCUT2D eigenvalue weighted by Crippen LogP contribution is 2.31. The summed E-state index contributed by atoms with van der Waals surface area (Å²) in [5.74, 6) is -0.125. The number of nitrogen functional groups attached to an aromatic ring is 1. The number of nitrogens with zero attached hydrogens (tertiary/aromatic N) is 1. The Morgan fingerprint density at radius 1 is 1.45 bits per heavy atom. The Bertz CT molecular complexity index is 582. The summed E-state index contributed by atoms with van der Waals surface area (Å²) in [7, 11) is 0. The smallest absolute Gasteiger partial charge is 0.263 e. The summed E-state index contributed by atoms with van der Waals surface area (Å²) in [5.41, 5.74) is 7.52. The van der Waals surface area contributed by atoms with Gasteiger partial charge in [-0.15, -0.1) is 11.3 Å². The molecule has 0 saturated heterocycles. The average molecular weight is 290 g/mol. The van der Waals surface area contributed by atoms with Crippen LogP contribution in [0.25, 0.3) is 0 Å². The first kappa shape index (κ1) is 14.3. The van der Waals surface area contributed by atoms with E-state index in [4.69, 9.17) is 5.73 Å². The van der Waals surface area contributed by atoms with E-state index in [0.717, 1.165) is 10.6 Å². The Kier molecular flexibility index (Phi) is 4.57. The van der Waals surface area contributed by atoms with Gasteiger partial charge in [0.1, 0.15) is 4.88 Å². The molecule has 0 radical (unpaired) electrons. The minimum absolute atomic E-state index is 0.123. The van der Waals surface area contributed by atoms with E-state index in [1.165, 1.54) is 11.3 Å². The molecule has 1 amide bonds. The third-order valence-electron chi connectivity index (χ3n) is 2.87. The highest BCUT2D eigenvalue weighted by atomic mass is 32.1. The summed E-state index contributed by atoms with van der Waals surface area (Å²) in [5, 5.41) is 6.99. The summed E-state index contributed by atoms with van der Waals surface area (Å²) in [6.45, 7) is 4.52. The molecular formula is C14H18N4OS. The number of nitrogens with one attached hydrogen (secondary N) is 2. The van der Waals surface area contributed by atoms with Crippen LogP contribution in [0.2, 0.25) is 0 Å². The van der Waals surface area contributed by atoms with Crippen LogP contribution in [0.1, 0.15) is 35.1 Å². The molecule has 1 atom stereocenters. The molecule has 4 N–H and O–H groups in total. The van der Waals surface area contributed by atoms with Gasteiger partial charge in [-0.05, 0) is 37.6 Å². The summed E-state index contributed by atoms with van der Waals surface area (Å²) >= 11 is 1.37. The normalized spacial score (nSPS) is 11.9. The number of carbonyl (C=O) groups excluding carboxylic acids is 1. The van der Waals surface area contributed by atoms with Crippen molar-refractivity contribution in [1.82, 2.24) is 10.3 Å². The molecular weight excluding hydrogens is 272 g/mol. The monoisotopic (exact) mass is 290 g/mol. The van der Waals surface area contributed by atoms with Crippen LogP contribution < -0.4 is 16.4 Å². The lowest BCUT2D eigenvalue weighted by Crippen LogP contribution is -2.22. The number of amides is 1. The second kappa shape index (κ2) is 6.38. The van der Waals surface area contributed by atoms with Crippen LogP contribution in [-0.2, 0) is 0 Å². The molecule has 0 aromatic carbocycles. The second-order valence-electron chi connectivity index (χ2n) is 4.40. The Morgan fingerprint density at radius 3 is 2.80 bits per heavy atom. The molecule has 0 fully saturated rings. The molecule has 0 aliphatic rings. The Morgan fingerprint density at radius 2 is 2.15 bits per heavy atom. The van der Waals surface area contributed by atoms with E-state index in [9.17, 15) is 4.79 Å². The topological polar surface area (TPSA) is 80.0 Å². The van der Waals surface area contributed by atoms with Crippen LogP contribution >= 0.6 is 11.3 Å². The van der Waals surface area contributed by atoms with E-state index >= 15 is 0 Å². The maximum atomic E-state index is 11.8. The van der Waals surface area contributed by atoms with E-state index < -0.39 is 0 Å². The van der Waals surface area contributed by atoms with E-state index in [1.54, 1.807) is 18.5 Å². The van der Waals surface area contributed by atoms with Crippen LogP contribution in [0.15, 0.2) is 30.6 Å².